The fourth-order valence-electron chi connectivity index (χ4n) is 4.07. The highest BCUT2D eigenvalue weighted by molar-refractivity contribution is 9.10. The number of nitrogens with zero attached hydrogens (tertiary/aromatic N) is 1. The molecule has 0 saturated carbocycles. The summed E-state index contributed by atoms with van der Waals surface area (Å²) in [5.74, 6) is 0.811. The highest BCUT2D eigenvalue weighted by Gasteiger charge is 2.27. The second kappa shape index (κ2) is 8.04. The summed E-state index contributed by atoms with van der Waals surface area (Å²) in [4.78, 5) is 16.3. The van der Waals surface area contributed by atoms with Gasteiger partial charge in [-0.1, -0.05) is 58.4 Å². The van der Waals surface area contributed by atoms with E-state index in [0.717, 1.165) is 43.5 Å². The zero-order valence-electron chi connectivity index (χ0n) is 16.9. The number of hydrogen-bond donors (Lipinski definition) is 2. The topological polar surface area (TPSA) is 66.5 Å². The van der Waals surface area contributed by atoms with E-state index in [-0.39, 0.29) is 11.6 Å². The molecule has 0 fully saturated rings. The van der Waals surface area contributed by atoms with E-state index in [0.29, 0.717) is 12.0 Å². The second-order valence-corrected chi connectivity index (χ2v) is 8.39. The van der Waals surface area contributed by atoms with Crippen LogP contribution in [0.15, 0.2) is 87.2 Å². The molecule has 2 heterocycles. The van der Waals surface area contributed by atoms with E-state index in [1.54, 1.807) is 7.11 Å². The summed E-state index contributed by atoms with van der Waals surface area (Å²) in [6.45, 7) is 0. The first-order valence-electron chi connectivity index (χ1n) is 10.0. The van der Waals surface area contributed by atoms with Crippen molar-refractivity contribution in [1.82, 2.24) is 10.4 Å². The van der Waals surface area contributed by atoms with E-state index in [2.05, 4.69) is 31.4 Å². The Hall–Kier alpha value is -3.38. The zero-order valence-corrected chi connectivity index (χ0v) is 18.4. The van der Waals surface area contributed by atoms with Gasteiger partial charge in [0.1, 0.15) is 5.75 Å². The third-order valence-electron chi connectivity index (χ3n) is 5.60. The molecule has 0 unspecified atom stereocenters. The first-order valence-corrected chi connectivity index (χ1v) is 10.8. The quantitative estimate of drug-likeness (QED) is 0.416. The minimum atomic E-state index is -0.135. The number of methoxy groups -OCH3 is 1. The fraction of sp³-hybridized carbons (Fsp3) is 0.120. The van der Waals surface area contributed by atoms with Gasteiger partial charge in [0.25, 0.3) is 5.56 Å². The van der Waals surface area contributed by atoms with Crippen molar-refractivity contribution in [2.75, 3.05) is 7.11 Å². The smallest absolute Gasteiger partial charge is 0.258 e. The van der Waals surface area contributed by atoms with Gasteiger partial charge in [-0.25, -0.2) is 0 Å². The fourth-order valence-corrected chi connectivity index (χ4v) is 4.43. The predicted octanol–water partition coefficient (Wildman–Crippen LogP) is 5.40. The van der Waals surface area contributed by atoms with Crippen LogP contribution in [0, 0.1) is 0 Å². The van der Waals surface area contributed by atoms with Gasteiger partial charge in [-0.3, -0.25) is 4.79 Å². The maximum absolute atomic E-state index is 13.2. The van der Waals surface area contributed by atoms with Crippen LogP contribution in [-0.4, -0.2) is 17.8 Å². The normalized spacial score (nSPS) is 15.5. The third-order valence-corrected chi connectivity index (χ3v) is 6.09. The van der Waals surface area contributed by atoms with Crippen molar-refractivity contribution in [3.63, 3.8) is 0 Å². The molecule has 0 aliphatic carbocycles. The number of benzene rings is 3. The highest BCUT2D eigenvalue weighted by atomic mass is 79.9. The summed E-state index contributed by atoms with van der Waals surface area (Å²) in [5.41, 5.74) is 8.22. The first kappa shape index (κ1) is 19.6. The van der Waals surface area contributed by atoms with Gasteiger partial charge < -0.3 is 15.1 Å². The standard InChI is InChI=1S/C25H20BrN3O2/c1-31-18-10-7-15(8-11-18)21-14-22(29-28-21)24-23(16-5-3-2-4-6-16)19-13-17(26)9-12-20(19)27-25(24)30/h2-13,21,28H,14H2,1H3,(H,27,30)/t21-/m1/s1. The average Bonchev–Trinajstić information content (AvgIpc) is 3.29. The number of ether oxygens (including phenoxy) is 1. The maximum atomic E-state index is 13.2. The number of pyridine rings is 1. The van der Waals surface area contributed by atoms with Crippen LogP contribution in [0.4, 0.5) is 0 Å². The van der Waals surface area contributed by atoms with Crippen molar-refractivity contribution in [2.45, 2.75) is 12.5 Å². The Balaban J connectivity index is 1.63. The van der Waals surface area contributed by atoms with Crippen LogP contribution in [0.25, 0.3) is 22.0 Å². The molecule has 0 saturated heterocycles. The minimum Gasteiger partial charge on any atom is -0.497 e. The molecule has 4 aromatic rings. The highest BCUT2D eigenvalue weighted by Crippen LogP contribution is 2.34. The Bertz CT molecular complexity index is 1350. The summed E-state index contributed by atoms with van der Waals surface area (Å²) < 4.78 is 6.21. The lowest BCUT2D eigenvalue weighted by atomic mass is 9.91. The van der Waals surface area contributed by atoms with Crippen LogP contribution in [0.1, 0.15) is 23.6 Å². The van der Waals surface area contributed by atoms with E-state index in [1.807, 2.05) is 72.8 Å². The molecule has 0 spiro atoms. The molecule has 1 aliphatic rings. The van der Waals surface area contributed by atoms with E-state index in [1.165, 1.54) is 0 Å². The molecule has 0 bridgehead atoms. The van der Waals surface area contributed by atoms with Gasteiger partial charge in [0.15, 0.2) is 0 Å². The predicted molar refractivity (Wildman–Crippen MR) is 128 cm³/mol. The Morgan fingerprint density at radius 1 is 1.00 bits per heavy atom. The minimum absolute atomic E-state index is 0.00198. The van der Waals surface area contributed by atoms with Gasteiger partial charge in [-0.15, -0.1) is 0 Å². The Morgan fingerprint density at radius 2 is 1.77 bits per heavy atom. The van der Waals surface area contributed by atoms with Gasteiger partial charge in [0.2, 0.25) is 0 Å². The second-order valence-electron chi connectivity index (χ2n) is 7.48. The molecule has 5 nitrogen and oxygen atoms in total. The number of H-pyrrole nitrogens is 1. The molecule has 31 heavy (non-hydrogen) atoms. The van der Waals surface area contributed by atoms with E-state index in [9.17, 15) is 4.79 Å². The number of aromatic amines is 1. The van der Waals surface area contributed by atoms with E-state index in [4.69, 9.17) is 4.74 Å². The molecular formula is C25H20BrN3O2. The summed E-state index contributed by atoms with van der Waals surface area (Å²) in [5, 5.41) is 5.56. The number of rotatable bonds is 4. The molecule has 0 radical (unpaired) electrons. The molecule has 1 atom stereocenters. The summed E-state index contributed by atoms with van der Waals surface area (Å²) in [6, 6.07) is 23.8. The summed E-state index contributed by atoms with van der Waals surface area (Å²) >= 11 is 3.57. The third kappa shape index (κ3) is 3.64. The Morgan fingerprint density at radius 3 is 2.52 bits per heavy atom. The molecular weight excluding hydrogens is 454 g/mol. The average molecular weight is 474 g/mol. The van der Waals surface area contributed by atoms with Crippen LogP contribution in [0.3, 0.4) is 0 Å². The van der Waals surface area contributed by atoms with Gasteiger partial charge in [-0.2, -0.15) is 5.10 Å². The van der Waals surface area contributed by atoms with Gasteiger partial charge in [0, 0.05) is 27.4 Å². The van der Waals surface area contributed by atoms with Gasteiger partial charge >= 0.3 is 0 Å². The number of halogens is 1. The van der Waals surface area contributed by atoms with Crippen molar-refractivity contribution in [3.8, 4) is 16.9 Å². The van der Waals surface area contributed by atoms with Crippen molar-refractivity contribution >= 4 is 32.5 Å². The molecule has 1 aliphatic heterocycles. The van der Waals surface area contributed by atoms with Crippen molar-refractivity contribution in [1.29, 1.82) is 0 Å². The lowest BCUT2D eigenvalue weighted by Crippen LogP contribution is -2.20. The number of aromatic nitrogens is 1. The Kier molecular flexibility index (Phi) is 5.08. The zero-order chi connectivity index (χ0) is 21.4. The molecule has 2 N–H and O–H groups in total. The van der Waals surface area contributed by atoms with Crippen molar-refractivity contribution < 1.29 is 4.74 Å². The van der Waals surface area contributed by atoms with E-state index >= 15 is 0 Å². The van der Waals surface area contributed by atoms with Crippen molar-refractivity contribution in [3.05, 3.63) is 98.7 Å². The number of hydrazone groups is 1. The van der Waals surface area contributed by atoms with Crippen molar-refractivity contribution in [2.24, 2.45) is 5.10 Å². The van der Waals surface area contributed by atoms with Crippen LogP contribution >= 0.6 is 15.9 Å². The largest absolute Gasteiger partial charge is 0.497 e. The van der Waals surface area contributed by atoms with Crippen LogP contribution in [0.2, 0.25) is 0 Å². The summed E-state index contributed by atoms with van der Waals surface area (Å²) in [7, 11) is 1.65. The van der Waals surface area contributed by atoms with Gasteiger partial charge in [-0.05, 0) is 41.5 Å². The first-order chi connectivity index (χ1) is 15.1. The molecule has 154 valence electrons. The molecule has 6 heteroatoms. The molecule has 5 rings (SSSR count). The Labute approximate surface area is 187 Å². The van der Waals surface area contributed by atoms with Crippen LogP contribution < -0.4 is 15.7 Å². The lowest BCUT2D eigenvalue weighted by Gasteiger charge is -2.14. The number of hydrogen-bond acceptors (Lipinski definition) is 4. The maximum Gasteiger partial charge on any atom is 0.258 e. The SMILES string of the molecule is COc1ccc([C@H]2CC(c3c(-c4ccccc4)c4cc(Br)ccc4[nH]c3=O)=NN2)cc1. The van der Waals surface area contributed by atoms with Gasteiger partial charge in [0.05, 0.1) is 24.4 Å². The van der Waals surface area contributed by atoms with Crippen LogP contribution in [-0.2, 0) is 0 Å². The number of nitrogens with one attached hydrogen (secondary N) is 2. The summed E-state index contributed by atoms with van der Waals surface area (Å²) in [6.07, 6.45) is 0.620. The molecule has 1 aromatic heterocycles. The molecule has 0 amide bonds. The van der Waals surface area contributed by atoms with E-state index < -0.39 is 0 Å². The lowest BCUT2D eigenvalue weighted by molar-refractivity contribution is 0.414. The van der Waals surface area contributed by atoms with Crippen LogP contribution in [0.5, 0.6) is 5.75 Å². The monoisotopic (exact) mass is 473 g/mol. The number of fused-ring (bicyclic) bond motifs is 1. The molecule has 3 aromatic carbocycles.